The van der Waals surface area contributed by atoms with Crippen LogP contribution in [-0.2, 0) is 40.8 Å². The zero-order valence-corrected chi connectivity index (χ0v) is 33.6. The van der Waals surface area contributed by atoms with Crippen LogP contribution in [0.2, 0.25) is 0 Å². The molecule has 2 aromatic heterocycles. The molecule has 0 aliphatic carbocycles. The quantitative estimate of drug-likeness (QED) is 0.270. The number of fused-ring (bicyclic) bond motifs is 3. The molecular formula is C43H46F2N10O5. The molecule has 3 saturated heterocycles. The smallest absolute Gasteiger partial charge is 0.264 e. The van der Waals surface area contributed by atoms with Crippen molar-refractivity contribution in [1.82, 2.24) is 39.6 Å². The number of hydrogen-bond donors (Lipinski definition) is 1. The lowest BCUT2D eigenvalue weighted by molar-refractivity contribution is -0.136. The molecular weight excluding hydrogens is 775 g/mol. The summed E-state index contributed by atoms with van der Waals surface area (Å²) in [6.07, 6.45) is 4.92. The van der Waals surface area contributed by atoms with Crippen molar-refractivity contribution in [1.29, 1.82) is 0 Å². The molecule has 312 valence electrons. The first-order valence-electron chi connectivity index (χ1n) is 20.9. The number of carbonyl (C=O) groups excluding carboxylic acids is 5. The van der Waals surface area contributed by atoms with E-state index >= 15 is 0 Å². The van der Waals surface area contributed by atoms with Crippen LogP contribution < -0.4 is 15.1 Å². The molecule has 17 heteroatoms. The lowest BCUT2D eigenvalue weighted by atomic mass is 9.92. The number of carbonyl (C=O) groups is 5. The van der Waals surface area contributed by atoms with E-state index in [1.54, 1.807) is 49.2 Å². The van der Waals surface area contributed by atoms with Crippen LogP contribution in [0.25, 0.3) is 11.1 Å². The van der Waals surface area contributed by atoms with E-state index in [1.165, 1.54) is 0 Å². The zero-order chi connectivity index (χ0) is 41.6. The highest BCUT2D eigenvalue weighted by atomic mass is 19.3. The van der Waals surface area contributed by atoms with Crippen molar-refractivity contribution in [3.8, 4) is 11.1 Å². The van der Waals surface area contributed by atoms with Crippen molar-refractivity contribution < 1.29 is 32.8 Å². The van der Waals surface area contributed by atoms with Gasteiger partial charge in [-0.3, -0.25) is 48.5 Å². The highest BCUT2D eigenvalue weighted by Crippen LogP contribution is 2.44. The molecule has 2 aromatic carbocycles. The van der Waals surface area contributed by atoms with Gasteiger partial charge in [0, 0.05) is 112 Å². The number of nitrogens with zero attached hydrogens (tertiary/aromatic N) is 9. The molecule has 4 aromatic rings. The largest absolute Gasteiger partial charge is 0.368 e. The average Bonchev–Trinajstić information content (AvgIpc) is 3.90. The molecule has 0 radical (unpaired) electrons. The Hall–Kier alpha value is -5.97. The molecule has 3 fully saturated rings. The van der Waals surface area contributed by atoms with Crippen LogP contribution in [0, 0.1) is 0 Å². The molecule has 15 nitrogen and oxygen atoms in total. The van der Waals surface area contributed by atoms with Gasteiger partial charge in [0.05, 0.1) is 29.9 Å². The molecule has 8 heterocycles. The SMILES string of the molecule is CC(=O)N1CCc2c(c(N3CCCc4cc(-c5cnn(C)c5)c(C(F)F)cc43)nn2C2CCN(C3CN(c4ccc5c(c4)C(=O)N(C4CCC(=O)NC4=O)C5=O)C3)CC2)C1. The molecule has 0 saturated carbocycles. The third-order valence-corrected chi connectivity index (χ3v) is 13.4. The molecule has 6 aliphatic heterocycles. The summed E-state index contributed by atoms with van der Waals surface area (Å²) in [5.74, 6) is -1.32. The molecule has 0 bridgehead atoms. The lowest BCUT2D eigenvalue weighted by Gasteiger charge is -2.48. The van der Waals surface area contributed by atoms with Gasteiger partial charge in [0.1, 0.15) is 6.04 Å². The number of halogens is 2. The highest BCUT2D eigenvalue weighted by molar-refractivity contribution is 6.23. The number of aryl methyl sites for hydroxylation is 2. The summed E-state index contributed by atoms with van der Waals surface area (Å²) in [4.78, 5) is 73.0. The third-order valence-electron chi connectivity index (χ3n) is 13.4. The van der Waals surface area contributed by atoms with Gasteiger partial charge in [-0.2, -0.15) is 10.2 Å². The maximum Gasteiger partial charge on any atom is 0.264 e. The Morgan fingerprint density at radius 3 is 2.38 bits per heavy atom. The standard InChI is InChI=1S/C43H46F2N10O5/c1-24(56)51-15-11-35-34(23-51)40(53-12-3-4-25-16-31(26-19-46-49(2)20-26)32(39(44)45)18-37(25)53)48-55(35)27-9-13-50(14-10-27)29-21-52(22-29)28-5-6-30-33(17-28)43(60)54(42(30)59)36-7-8-38(57)47-41(36)58/h5-6,16-20,27,29,36,39H,3-4,7-15,21-23H2,1-2H3,(H,47,57,58). The fourth-order valence-corrected chi connectivity index (χ4v) is 10.1. The van der Waals surface area contributed by atoms with Gasteiger partial charge in [-0.25, -0.2) is 8.78 Å². The molecule has 0 spiro atoms. The fourth-order valence-electron chi connectivity index (χ4n) is 10.1. The van der Waals surface area contributed by atoms with Crippen molar-refractivity contribution in [2.24, 2.45) is 7.05 Å². The topological polar surface area (TPSA) is 149 Å². The minimum atomic E-state index is -2.68. The van der Waals surface area contributed by atoms with E-state index in [2.05, 4.69) is 29.8 Å². The number of rotatable bonds is 7. The van der Waals surface area contributed by atoms with Gasteiger partial charge in [0.25, 0.3) is 18.2 Å². The van der Waals surface area contributed by atoms with Crippen molar-refractivity contribution in [2.45, 2.75) is 83.0 Å². The van der Waals surface area contributed by atoms with Gasteiger partial charge < -0.3 is 14.7 Å². The zero-order valence-electron chi connectivity index (χ0n) is 33.6. The Balaban J connectivity index is 0.847. The molecule has 1 N–H and O–H groups in total. The number of hydrogen-bond acceptors (Lipinski definition) is 10. The first-order chi connectivity index (χ1) is 28.9. The Morgan fingerprint density at radius 2 is 1.67 bits per heavy atom. The Bertz CT molecular complexity index is 2470. The van der Waals surface area contributed by atoms with Crippen LogP contribution in [0.5, 0.6) is 0 Å². The summed E-state index contributed by atoms with van der Waals surface area (Å²) >= 11 is 0. The molecule has 6 aliphatic rings. The van der Waals surface area contributed by atoms with Crippen molar-refractivity contribution >= 4 is 46.7 Å². The van der Waals surface area contributed by atoms with E-state index in [1.807, 2.05) is 17.0 Å². The van der Waals surface area contributed by atoms with E-state index in [0.29, 0.717) is 43.2 Å². The van der Waals surface area contributed by atoms with Crippen LogP contribution in [0.3, 0.4) is 0 Å². The number of anilines is 3. The predicted octanol–water partition coefficient (Wildman–Crippen LogP) is 4.14. The summed E-state index contributed by atoms with van der Waals surface area (Å²) in [6, 6.07) is 8.23. The second-order valence-electron chi connectivity index (χ2n) is 16.9. The Morgan fingerprint density at radius 1 is 0.883 bits per heavy atom. The second-order valence-corrected chi connectivity index (χ2v) is 16.9. The van der Waals surface area contributed by atoms with Crippen molar-refractivity contribution in [3.05, 3.63) is 76.2 Å². The first kappa shape index (κ1) is 38.2. The average molecular weight is 821 g/mol. The van der Waals surface area contributed by atoms with Gasteiger partial charge in [-0.05, 0) is 73.6 Å². The molecule has 10 rings (SSSR count). The minimum Gasteiger partial charge on any atom is -0.368 e. The minimum absolute atomic E-state index is 0.00322. The monoisotopic (exact) mass is 820 g/mol. The maximum atomic E-state index is 14.7. The van der Waals surface area contributed by atoms with Crippen LogP contribution in [0.15, 0.2) is 42.7 Å². The molecule has 60 heavy (non-hydrogen) atoms. The fraction of sp³-hybridized carbons (Fsp3) is 0.465. The van der Waals surface area contributed by atoms with Gasteiger partial charge in [-0.15, -0.1) is 0 Å². The molecule has 5 amide bonds. The first-order valence-corrected chi connectivity index (χ1v) is 20.9. The van der Waals surface area contributed by atoms with Gasteiger partial charge >= 0.3 is 0 Å². The number of imide groups is 2. The normalized spacial score (nSPS) is 21.4. The van der Waals surface area contributed by atoms with Crippen molar-refractivity contribution in [3.63, 3.8) is 0 Å². The molecule has 1 atom stereocenters. The highest BCUT2D eigenvalue weighted by Gasteiger charge is 2.45. The predicted molar refractivity (Wildman–Crippen MR) is 215 cm³/mol. The van der Waals surface area contributed by atoms with Crippen LogP contribution >= 0.6 is 0 Å². The van der Waals surface area contributed by atoms with E-state index in [9.17, 15) is 32.8 Å². The van der Waals surface area contributed by atoms with Crippen LogP contribution in [-0.4, -0.2) is 115 Å². The van der Waals surface area contributed by atoms with E-state index < -0.39 is 36.1 Å². The van der Waals surface area contributed by atoms with Crippen LogP contribution in [0.1, 0.15) is 94.6 Å². The summed E-state index contributed by atoms with van der Waals surface area (Å²) in [5, 5.41) is 11.8. The number of likely N-dealkylation sites (tertiary alicyclic amines) is 1. The number of benzene rings is 2. The Kier molecular flexibility index (Phi) is 9.33. The van der Waals surface area contributed by atoms with Gasteiger partial charge in [-0.1, -0.05) is 0 Å². The van der Waals surface area contributed by atoms with E-state index in [-0.39, 0.29) is 41.5 Å². The van der Waals surface area contributed by atoms with E-state index in [0.717, 1.165) is 90.8 Å². The number of amides is 5. The number of alkyl halides is 2. The second kappa shape index (κ2) is 14.6. The van der Waals surface area contributed by atoms with Crippen molar-refractivity contribution in [2.75, 3.05) is 49.1 Å². The number of nitrogens with one attached hydrogen (secondary N) is 1. The number of aromatic nitrogens is 4. The summed E-state index contributed by atoms with van der Waals surface area (Å²) in [5.41, 5.74) is 6.34. The van der Waals surface area contributed by atoms with Gasteiger partial charge in [0.15, 0.2) is 5.82 Å². The molecule has 1 unspecified atom stereocenters. The van der Waals surface area contributed by atoms with Crippen LogP contribution in [0.4, 0.5) is 26.0 Å². The third kappa shape index (κ3) is 6.35. The van der Waals surface area contributed by atoms with E-state index in [4.69, 9.17) is 5.10 Å². The number of piperidine rings is 2. The summed E-state index contributed by atoms with van der Waals surface area (Å²) < 4.78 is 33.2. The maximum absolute atomic E-state index is 14.7. The van der Waals surface area contributed by atoms with Gasteiger partial charge in [0.2, 0.25) is 17.7 Å². The Labute approximate surface area is 344 Å². The summed E-state index contributed by atoms with van der Waals surface area (Å²) in [7, 11) is 1.77. The lowest BCUT2D eigenvalue weighted by Crippen LogP contribution is -2.61. The summed E-state index contributed by atoms with van der Waals surface area (Å²) in [6.45, 7) is 6.51.